The highest BCUT2D eigenvalue weighted by Crippen LogP contribution is 2.34. The summed E-state index contributed by atoms with van der Waals surface area (Å²) in [5.41, 5.74) is 8.00. The van der Waals surface area contributed by atoms with E-state index in [1.165, 1.54) is 32.1 Å². The summed E-state index contributed by atoms with van der Waals surface area (Å²) in [6.07, 6.45) is 6.29. The number of benzene rings is 1. The summed E-state index contributed by atoms with van der Waals surface area (Å²) in [6, 6.07) is 5.82. The van der Waals surface area contributed by atoms with E-state index in [4.69, 9.17) is 10.2 Å². The van der Waals surface area contributed by atoms with Crippen molar-refractivity contribution in [2.45, 2.75) is 38.1 Å². The van der Waals surface area contributed by atoms with Gasteiger partial charge in [-0.15, -0.1) is 0 Å². The molecule has 2 aromatic rings. The van der Waals surface area contributed by atoms with E-state index in [-0.39, 0.29) is 6.04 Å². The van der Waals surface area contributed by atoms with Crippen molar-refractivity contribution in [2.24, 2.45) is 11.7 Å². The Balaban J connectivity index is 1.91. The van der Waals surface area contributed by atoms with E-state index in [1.54, 1.807) is 0 Å². The van der Waals surface area contributed by atoms with Crippen molar-refractivity contribution in [3.63, 3.8) is 0 Å². The van der Waals surface area contributed by atoms with E-state index >= 15 is 0 Å². The van der Waals surface area contributed by atoms with Crippen LogP contribution in [0.4, 0.5) is 0 Å². The van der Waals surface area contributed by atoms with Crippen LogP contribution in [0.5, 0.6) is 0 Å². The second-order valence-electron chi connectivity index (χ2n) is 5.06. The molecule has 1 atom stereocenters. The van der Waals surface area contributed by atoms with Crippen LogP contribution in [-0.4, -0.2) is 4.98 Å². The summed E-state index contributed by atoms with van der Waals surface area (Å²) < 4.78 is 6.77. The topological polar surface area (TPSA) is 52.0 Å². The monoisotopic (exact) mass is 308 g/mol. The lowest BCUT2D eigenvalue weighted by Crippen LogP contribution is -2.23. The third-order valence-corrected chi connectivity index (χ3v) is 4.45. The number of para-hydroxylation sites is 1. The number of nitrogens with zero attached hydrogens (tertiary/aromatic N) is 1. The van der Waals surface area contributed by atoms with Crippen LogP contribution in [0.25, 0.3) is 11.1 Å². The Hall–Kier alpha value is -0.870. The molecule has 0 amide bonds. The van der Waals surface area contributed by atoms with Gasteiger partial charge < -0.3 is 10.2 Å². The Morgan fingerprint density at radius 2 is 2.06 bits per heavy atom. The number of rotatable bonds is 2. The third kappa shape index (κ3) is 2.19. The summed E-state index contributed by atoms with van der Waals surface area (Å²) >= 11 is 3.48. The Morgan fingerprint density at radius 1 is 1.28 bits per heavy atom. The molecule has 3 rings (SSSR count). The molecule has 4 heteroatoms. The number of oxazole rings is 1. The van der Waals surface area contributed by atoms with Crippen molar-refractivity contribution in [1.29, 1.82) is 0 Å². The molecule has 0 spiro atoms. The summed E-state index contributed by atoms with van der Waals surface area (Å²) in [6.45, 7) is 0. The van der Waals surface area contributed by atoms with E-state index in [0.29, 0.717) is 11.8 Å². The van der Waals surface area contributed by atoms with Gasteiger partial charge in [0, 0.05) is 0 Å². The van der Waals surface area contributed by atoms with Crippen LogP contribution in [0.2, 0.25) is 0 Å². The summed E-state index contributed by atoms with van der Waals surface area (Å²) in [5.74, 6) is 1.20. The van der Waals surface area contributed by atoms with Crippen LogP contribution in [-0.2, 0) is 0 Å². The summed E-state index contributed by atoms with van der Waals surface area (Å²) in [7, 11) is 0. The van der Waals surface area contributed by atoms with Crippen molar-refractivity contribution < 1.29 is 4.42 Å². The van der Waals surface area contributed by atoms with Crippen LogP contribution in [0.1, 0.15) is 44.0 Å². The van der Waals surface area contributed by atoms with Crippen LogP contribution in [0.15, 0.2) is 27.1 Å². The predicted molar refractivity (Wildman–Crippen MR) is 75.2 cm³/mol. The highest BCUT2D eigenvalue weighted by molar-refractivity contribution is 9.10. The quantitative estimate of drug-likeness (QED) is 0.906. The Labute approximate surface area is 115 Å². The highest BCUT2D eigenvalue weighted by atomic mass is 79.9. The van der Waals surface area contributed by atoms with Gasteiger partial charge in [-0.1, -0.05) is 25.3 Å². The fourth-order valence-corrected chi connectivity index (χ4v) is 3.21. The van der Waals surface area contributed by atoms with Gasteiger partial charge in [-0.25, -0.2) is 4.98 Å². The van der Waals surface area contributed by atoms with E-state index in [9.17, 15) is 0 Å². The molecule has 2 N–H and O–H groups in total. The number of hydrogen-bond donors (Lipinski definition) is 1. The SMILES string of the molecule is NC(c1nc2cccc(Br)c2o1)C1CCCCC1. The van der Waals surface area contributed by atoms with E-state index in [0.717, 1.165) is 15.6 Å². The van der Waals surface area contributed by atoms with Crippen LogP contribution in [0.3, 0.4) is 0 Å². The van der Waals surface area contributed by atoms with Crippen molar-refractivity contribution in [2.75, 3.05) is 0 Å². The largest absolute Gasteiger partial charge is 0.438 e. The van der Waals surface area contributed by atoms with E-state index in [2.05, 4.69) is 20.9 Å². The molecule has 0 bridgehead atoms. The zero-order valence-corrected chi connectivity index (χ0v) is 11.8. The van der Waals surface area contributed by atoms with Gasteiger partial charge in [0.2, 0.25) is 5.89 Å². The van der Waals surface area contributed by atoms with Gasteiger partial charge >= 0.3 is 0 Å². The van der Waals surface area contributed by atoms with Gasteiger partial charge in [0.15, 0.2) is 5.58 Å². The van der Waals surface area contributed by atoms with Crippen LogP contribution in [0, 0.1) is 5.92 Å². The smallest absolute Gasteiger partial charge is 0.212 e. The average molecular weight is 309 g/mol. The number of nitrogens with two attached hydrogens (primary N) is 1. The minimum absolute atomic E-state index is 0.0652. The molecule has 1 fully saturated rings. The molecular formula is C14H17BrN2O. The molecule has 1 aromatic heterocycles. The molecule has 18 heavy (non-hydrogen) atoms. The summed E-state index contributed by atoms with van der Waals surface area (Å²) in [4.78, 5) is 4.53. The first-order valence-corrected chi connectivity index (χ1v) is 7.35. The lowest BCUT2D eigenvalue weighted by molar-refractivity contribution is 0.278. The Morgan fingerprint density at radius 3 is 2.78 bits per heavy atom. The molecule has 1 heterocycles. The minimum atomic E-state index is -0.0652. The van der Waals surface area contributed by atoms with E-state index < -0.39 is 0 Å². The molecular weight excluding hydrogens is 292 g/mol. The predicted octanol–water partition coefficient (Wildman–Crippen LogP) is 4.17. The molecule has 1 aliphatic rings. The maximum Gasteiger partial charge on any atom is 0.212 e. The first-order valence-electron chi connectivity index (χ1n) is 6.56. The van der Waals surface area contributed by atoms with Crippen molar-refractivity contribution in [3.8, 4) is 0 Å². The lowest BCUT2D eigenvalue weighted by atomic mass is 9.84. The normalized spacial score (nSPS) is 19.2. The standard InChI is InChI=1S/C14H17BrN2O/c15-10-7-4-8-11-13(10)18-14(17-11)12(16)9-5-2-1-3-6-9/h4,7-9,12H,1-3,5-6,16H2. The fourth-order valence-electron chi connectivity index (χ4n) is 2.77. The van der Waals surface area contributed by atoms with Crippen LogP contribution < -0.4 is 5.73 Å². The molecule has 0 aliphatic heterocycles. The second-order valence-corrected chi connectivity index (χ2v) is 5.92. The zero-order chi connectivity index (χ0) is 12.5. The molecule has 1 unspecified atom stereocenters. The van der Waals surface area contributed by atoms with Gasteiger partial charge in [-0.2, -0.15) is 0 Å². The zero-order valence-electron chi connectivity index (χ0n) is 10.2. The fraction of sp³-hybridized carbons (Fsp3) is 0.500. The van der Waals surface area contributed by atoms with Crippen LogP contribution >= 0.6 is 15.9 Å². The second kappa shape index (κ2) is 5.02. The molecule has 3 nitrogen and oxygen atoms in total. The van der Waals surface area contributed by atoms with Gasteiger partial charge in [-0.3, -0.25) is 0 Å². The summed E-state index contributed by atoms with van der Waals surface area (Å²) in [5, 5.41) is 0. The van der Waals surface area contributed by atoms with Gasteiger partial charge in [0.1, 0.15) is 5.52 Å². The minimum Gasteiger partial charge on any atom is -0.438 e. The molecule has 0 radical (unpaired) electrons. The van der Waals surface area contributed by atoms with E-state index in [1.807, 2.05) is 18.2 Å². The molecule has 96 valence electrons. The molecule has 1 aliphatic carbocycles. The average Bonchev–Trinajstić information content (AvgIpc) is 2.84. The van der Waals surface area contributed by atoms with Gasteiger partial charge in [-0.05, 0) is 46.8 Å². The maximum absolute atomic E-state index is 6.31. The first kappa shape index (κ1) is 12.2. The van der Waals surface area contributed by atoms with Crippen molar-refractivity contribution in [1.82, 2.24) is 4.98 Å². The Bertz CT molecular complexity index is 546. The number of fused-ring (bicyclic) bond motifs is 1. The number of aromatic nitrogens is 1. The molecule has 1 aromatic carbocycles. The highest BCUT2D eigenvalue weighted by Gasteiger charge is 2.26. The lowest BCUT2D eigenvalue weighted by Gasteiger charge is -2.25. The Kier molecular flexibility index (Phi) is 3.39. The molecule has 0 saturated heterocycles. The molecule has 1 saturated carbocycles. The van der Waals surface area contributed by atoms with Gasteiger partial charge in [0.05, 0.1) is 10.5 Å². The number of hydrogen-bond acceptors (Lipinski definition) is 3. The van der Waals surface area contributed by atoms with Gasteiger partial charge in [0.25, 0.3) is 0 Å². The first-order chi connectivity index (χ1) is 8.75. The maximum atomic E-state index is 6.31. The van der Waals surface area contributed by atoms with Crippen molar-refractivity contribution >= 4 is 27.0 Å². The third-order valence-electron chi connectivity index (χ3n) is 3.83. The van der Waals surface area contributed by atoms with Crippen molar-refractivity contribution in [3.05, 3.63) is 28.6 Å². The number of halogens is 1.